The Kier molecular flexibility index (Phi) is 5.72. The molecule has 0 saturated heterocycles. The van der Waals surface area contributed by atoms with Gasteiger partial charge in [-0.25, -0.2) is 0 Å². The Morgan fingerprint density at radius 1 is 1.65 bits per heavy atom. The van der Waals surface area contributed by atoms with Crippen LogP contribution in [0.4, 0.5) is 0 Å². The second-order valence-electron chi connectivity index (χ2n) is 3.83. The van der Waals surface area contributed by atoms with E-state index in [1.54, 1.807) is 6.07 Å². The van der Waals surface area contributed by atoms with Crippen molar-refractivity contribution < 1.29 is 14.6 Å². The van der Waals surface area contributed by atoms with Crippen molar-refractivity contribution in [3.05, 3.63) is 24.0 Å². The Bertz CT molecular complexity index is 349. The third-order valence-corrected chi connectivity index (χ3v) is 2.53. The van der Waals surface area contributed by atoms with Gasteiger partial charge in [0.2, 0.25) is 0 Å². The van der Waals surface area contributed by atoms with Gasteiger partial charge in [-0.3, -0.25) is 4.79 Å². The van der Waals surface area contributed by atoms with Crippen molar-refractivity contribution in [1.29, 1.82) is 0 Å². The predicted molar refractivity (Wildman–Crippen MR) is 64.9 cm³/mol. The minimum absolute atomic E-state index is 0.110. The van der Waals surface area contributed by atoms with Gasteiger partial charge in [0.15, 0.2) is 0 Å². The summed E-state index contributed by atoms with van der Waals surface area (Å²) in [5, 5.41) is 12.2. The maximum atomic E-state index is 11.8. The lowest BCUT2D eigenvalue weighted by atomic mass is 10.2. The first kappa shape index (κ1) is 13.7. The van der Waals surface area contributed by atoms with E-state index in [9.17, 15) is 9.90 Å². The molecule has 5 nitrogen and oxygen atoms in total. The Morgan fingerprint density at radius 3 is 3.06 bits per heavy atom. The van der Waals surface area contributed by atoms with Crippen LogP contribution in [-0.4, -0.2) is 41.9 Å². The maximum absolute atomic E-state index is 11.8. The summed E-state index contributed by atoms with van der Waals surface area (Å²) in [5.41, 5.74) is 0.647. The van der Waals surface area contributed by atoms with Crippen LogP contribution in [0.1, 0.15) is 23.8 Å². The monoisotopic (exact) mass is 240 g/mol. The second kappa shape index (κ2) is 7.09. The van der Waals surface area contributed by atoms with Crippen LogP contribution in [0.25, 0.3) is 0 Å². The van der Waals surface area contributed by atoms with Crippen LogP contribution in [0.3, 0.4) is 0 Å². The molecule has 1 rings (SSSR count). The molecule has 0 radical (unpaired) electrons. The van der Waals surface area contributed by atoms with Gasteiger partial charge in [-0.1, -0.05) is 0 Å². The fourth-order valence-corrected chi connectivity index (χ4v) is 1.61. The van der Waals surface area contributed by atoms with Crippen molar-refractivity contribution in [2.24, 2.45) is 0 Å². The summed E-state index contributed by atoms with van der Waals surface area (Å²) >= 11 is 0. The number of hydrogen-bond acceptors (Lipinski definition) is 3. The smallest absolute Gasteiger partial charge is 0.267 e. The molecule has 0 bridgehead atoms. The van der Waals surface area contributed by atoms with Gasteiger partial charge in [-0.15, -0.1) is 0 Å². The molecular weight excluding hydrogens is 220 g/mol. The van der Waals surface area contributed by atoms with E-state index in [0.29, 0.717) is 25.3 Å². The number of rotatable bonds is 7. The van der Waals surface area contributed by atoms with Crippen molar-refractivity contribution in [3.8, 4) is 0 Å². The van der Waals surface area contributed by atoms with Crippen LogP contribution >= 0.6 is 0 Å². The summed E-state index contributed by atoms with van der Waals surface area (Å²) in [6.45, 7) is 3.49. The molecule has 1 amide bonds. The van der Waals surface area contributed by atoms with Crippen LogP contribution < -0.4 is 5.32 Å². The summed E-state index contributed by atoms with van der Waals surface area (Å²) in [5.74, 6) is -0.110. The number of hydrogen-bond donors (Lipinski definition) is 2. The number of nitrogens with zero attached hydrogens (tertiary/aromatic N) is 1. The standard InChI is InChI=1S/C12H20N2O3/c1-3-14-8-4-5-11(14)12(16)13-7-6-10(15)9-17-2/h4-5,8,10,15H,3,6-7,9H2,1-2H3,(H,13,16). The van der Waals surface area contributed by atoms with Crippen molar-refractivity contribution in [2.75, 3.05) is 20.3 Å². The highest BCUT2D eigenvalue weighted by atomic mass is 16.5. The normalized spacial score (nSPS) is 12.4. The largest absolute Gasteiger partial charge is 0.391 e. The van der Waals surface area contributed by atoms with Gasteiger partial charge in [0, 0.05) is 26.4 Å². The third-order valence-electron chi connectivity index (χ3n) is 2.53. The molecule has 0 aliphatic rings. The molecule has 2 N–H and O–H groups in total. The highest BCUT2D eigenvalue weighted by Crippen LogP contribution is 2.02. The molecule has 1 atom stereocenters. The van der Waals surface area contributed by atoms with Gasteiger partial charge in [-0.05, 0) is 25.5 Å². The minimum atomic E-state index is -0.529. The van der Waals surface area contributed by atoms with Crippen LogP contribution in [0, 0.1) is 0 Å². The zero-order valence-corrected chi connectivity index (χ0v) is 10.3. The van der Waals surface area contributed by atoms with E-state index in [1.165, 1.54) is 7.11 Å². The molecule has 0 aliphatic heterocycles. The molecule has 0 spiro atoms. The number of carbonyl (C=O) groups excluding carboxylic acids is 1. The Morgan fingerprint density at radius 2 is 2.41 bits per heavy atom. The van der Waals surface area contributed by atoms with E-state index in [0.717, 1.165) is 6.54 Å². The average molecular weight is 240 g/mol. The quantitative estimate of drug-likeness (QED) is 0.735. The number of nitrogens with one attached hydrogen (secondary N) is 1. The fourth-order valence-electron chi connectivity index (χ4n) is 1.61. The molecule has 17 heavy (non-hydrogen) atoms. The lowest BCUT2D eigenvalue weighted by Gasteiger charge is -2.11. The van der Waals surface area contributed by atoms with Gasteiger partial charge >= 0.3 is 0 Å². The first-order valence-corrected chi connectivity index (χ1v) is 5.79. The SMILES string of the molecule is CCn1cccc1C(=O)NCCC(O)COC. The van der Waals surface area contributed by atoms with Crippen molar-refractivity contribution >= 4 is 5.91 Å². The topological polar surface area (TPSA) is 63.5 Å². The number of ether oxygens (including phenoxy) is 1. The molecule has 0 aromatic carbocycles. The van der Waals surface area contributed by atoms with Gasteiger partial charge < -0.3 is 19.7 Å². The van der Waals surface area contributed by atoms with Gasteiger partial charge in [0.05, 0.1) is 12.7 Å². The number of amides is 1. The van der Waals surface area contributed by atoms with Gasteiger partial charge in [-0.2, -0.15) is 0 Å². The molecule has 96 valence electrons. The predicted octanol–water partition coefficient (Wildman–Crippen LogP) is 0.635. The zero-order chi connectivity index (χ0) is 12.7. The molecule has 0 fully saturated rings. The number of aliphatic hydroxyl groups is 1. The van der Waals surface area contributed by atoms with Crippen LogP contribution in [0.5, 0.6) is 0 Å². The first-order valence-electron chi connectivity index (χ1n) is 5.79. The fraction of sp³-hybridized carbons (Fsp3) is 0.583. The molecule has 5 heteroatoms. The van der Waals surface area contributed by atoms with Crippen LogP contribution in [0.2, 0.25) is 0 Å². The number of methoxy groups -OCH3 is 1. The van der Waals surface area contributed by atoms with Crippen LogP contribution in [-0.2, 0) is 11.3 Å². The van der Waals surface area contributed by atoms with E-state index in [-0.39, 0.29) is 5.91 Å². The summed E-state index contributed by atoms with van der Waals surface area (Å²) in [4.78, 5) is 11.8. The van der Waals surface area contributed by atoms with Crippen LogP contribution in [0.15, 0.2) is 18.3 Å². The molecule has 1 aromatic heterocycles. The highest BCUT2D eigenvalue weighted by molar-refractivity contribution is 5.92. The van der Waals surface area contributed by atoms with Gasteiger partial charge in [0.25, 0.3) is 5.91 Å². The Hall–Kier alpha value is -1.33. The summed E-state index contributed by atoms with van der Waals surface area (Å²) in [6.07, 6.45) is 1.83. The van der Waals surface area contributed by atoms with E-state index in [4.69, 9.17) is 4.74 Å². The molecule has 1 heterocycles. The van der Waals surface area contributed by atoms with E-state index >= 15 is 0 Å². The van der Waals surface area contributed by atoms with Crippen molar-refractivity contribution in [2.45, 2.75) is 26.0 Å². The number of aliphatic hydroxyl groups excluding tert-OH is 1. The van der Waals surface area contributed by atoms with Crippen molar-refractivity contribution in [1.82, 2.24) is 9.88 Å². The average Bonchev–Trinajstić information content (AvgIpc) is 2.77. The molecule has 1 aromatic rings. The third kappa shape index (κ3) is 4.20. The lowest BCUT2D eigenvalue weighted by molar-refractivity contribution is 0.0587. The number of aryl methyl sites for hydroxylation is 1. The second-order valence-corrected chi connectivity index (χ2v) is 3.83. The zero-order valence-electron chi connectivity index (χ0n) is 10.3. The highest BCUT2D eigenvalue weighted by Gasteiger charge is 2.10. The van der Waals surface area contributed by atoms with E-state index < -0.39 is 6.10 Å². The summed E-state index contributed by atoms with van der Waals surface area (Å²) in [6, 6.07) is 3.63. The molecule has 1 unspecified atom stereocenters. The molecular formula is C12H20N2O3. The number of aromatic nitrogens is 1. The molecule has 0 saturated carbocycles. The van der Waals surface area contributed by atoms with E-state index in [2.05, 4.69) is 5.32 Å². The summed E-state index contributed by atoms with van der Waals surface area (Å²) in [7, 11) is 1.54. The minimum Gasteiger partial charge on any atom is -0.391 e. The van der Waals surface area contributed by atoms with E-state index in [1.807, 2.05) is 23.8 Å². The van der Waals surface area contributed by atoms with Crippen molar-refractivity contribution in [3.63, 3.8) is 0 Å². The van der Waals surface area contributed by atoms with Gasteiger partial charge in [0.1, 0.15) is 5.69 Å². The lowest BCUT2D eigenvalue weighted by Crippen LogP contribution is -2.29. The molecule has 0 aliphatic carbocycles. The Balaban J connectivity index is 2.35. The number of carbonyl (C=O) groups is 1. The Labute approximate surface area is 101 Å². The summed E-state index contributed by atoms with van der Waals surface area (Å²) < 4.78 is 6.68. The maximum Gasteiger partial charge on any atom is 0.267 e. The first-order chi connectivity index (χ1) is 8.19.